The Bertz CT molecular complexity index is 846. The van der Waals surface area contributed by atoms with Crippen molar-refractivity contribution in [3.63, 3.8) is 0 Å². The van der Waals surface area contributed by atoms with Gasteiger partial charge in [-0.1, -0.05) is 0 Å². The molecule has 32 heavy (non-hydrogen) atoms. The highest BCUT2D eigenvalue weighted by Crippen LogP contribution is 2.32. The quantitative estimate of drug-likeness (QED) is 0.408. The number of aliphatic carboxylic acids is 1. The minimum absolute atomic E-state index is 0.166. The van der Waals surface area contributed by atoms with Crippen LogP contribution in [0, 0.1) is 11.3 Å². The third-order valence-electron chi connectivity index (χ3n) is 4.03. The lowest BCUT2D eigenvalue weighted by Gasteiger charge is -2.23. The fraction of sp³-hybridized carbons (Fsp3) is 0.529. The number of halogens is 5. The Hall–Kier alpha value is -3.41. The Labute approximate surface area is 178 Å². The molecule has 2 atom stereocenters. The summed E-state index contributed by atoms with van der Waals surface area (Å²) in [5.74, 6) is -6.91. The van der Waals surface area contributed by atoms with Crippen LogP contribution < -0.4 is 11.1 Å². The number of carboxylic acids is 1. The first-order chi connectivity index (χ1) is 14.8. The van der Waals surface area contributed by atoms with Gasteiger partial charge in [-0.05, 0) is 12.8 Å². The molecule has 0 spiro atoms. The van der Waals surface area contributed by atoms with E-state index in [0.717, 1.165) is 4.90 Å². The molecule has 2 amide bonds. The molecular weight excluding hydrogens is 447 g/mol. The molecule has 0 unspecified atom stereocenters. The number of likely N-dealkylation sites (tertiary alicyclic amines) is 1. The number of nitriles is 1. The minimum atomic E-state index is -5.08. The van der Waals surface area contributed by atoms with Crippen molar-refractivity contribution in [1.82, 2.24) is 20.2 Å². The number of aromatic nitrogens is 2. The van der Waals surface area contributed by atoms with E-state index in [9.17, 15) is 31.5 Å². The normalized spacial score (nSPS) is 18.0. The molecule has 0 aliphatic carbocycles. The van der Waals surface area contributed by atoms with Crippen molar-refractivity contribution in [3.05, 3.63) is 24.3 Å². The predicted octanol–water partition coefficient (Wildman–Crippen LogP) is 0.707. The highest BCUT2D eigenvalue weighted by molar-refractivity contribution is 5.91. The molecule has 1 aliphatic rings. The van der Waals surface area contributed by atoms with Gasteiger partial charge in [-0.15, -0.1) is 0 Å². The Balaban J connectivity index is 0.000000633. The van der Waals surface area contributed by atoms with Gasteiger partial charge < -0.3 is 21.1 Å². The van der Waals surface area contributed by atoms with E-state index in [0.29, 0.717) is 6.42 Å². The van der Waals surface area contributed by atoms with Crippen LogP contribution in [-0.2, 0) is 9.59 Å². The maximum Gasteiger partial charge on any atom is 0.490 e. The van der Waals surface area contributed by atoms with Crippen molar-refractivity contribution in [1.29, 1.82) is 5.26 Å². The van der Waals surface area contributed by atoms with Gasteiger partial charge in [-0.25, -0.2) is 18.6 Å². The summed E-state index contributed by atoms with van der Waals surface area (Å²) in [4.78, 5) is 41.3. The molecule has 1 aromatic heterocycles. The lowest BCUT2D eigenvalue weighted by Crippen LogP contribution is -2.46. The van der Waals surface area contributed by atoms with Crippen LogP contribution in [0.1, 0.15) is 29.8 Å². The van der Waals surface area contributed by atoms with Crippen molar-refractivity contribution in [2.45, 2.75) is 43.4 Å². The summed E-state index contributed by atoms with van der Waals surface area (Å²) in [6.45, 7) is -0.546. The molecule has 2 rings (SSSR count). The average Bonchev–Trinajstić information content (AvgIpc) is 3.05. The van der Waals surface area contributed by atoms with Crippen LogP contribution >= 0.6 is 0 Å². The van der Waals surface area contributed by atoms with Crippen molar-refractivity contribution in [2.75, 3.05) is 13.1 Å². The van der Waals surface area contributed by atoms with Crippen LogP contribution in [0.25, 0.3) is 0 Å². The average molecular weight is 466 g/mol. The highest BCUT2D eigenvalue weighted by atomic mass is 19.4. The smallest absolute Gasteiger partial charge is 0.475 e. The zero-order valence-electron chi connectivity index (χ0n) is 16.4. The summed E-state index contributed by atoms with van der Waals surface area (Å²) in [5.41, 5.74) is 5.92. The van der Waals surface area contributed by atoms with E-state index in [2.05, 4.69) is 15.3 Å². The van der Waals surface area contributed by atoms with E-state index in [4.69, 9.17) is 20.9 Å². The SMILES string of the molecule is N#C[C@@H]1CC(F)(F)CN1C(=O)[C@@H](N)CCCNC(=O)c1cnccn1.O=C(O)C(F)(F)F. The number of alkyl halides is 5. The topological polar surface area (TPSA) is 162 Å². The Kier molecular flexibility index (Phi) is 9.38. The summed E-state index contributed by atoms with van der Waals surface area (Å²) in [7, 11) is 0. The van der Waals surface area contributed by atoms with Crippen molar-refractivity contribution < 1.29 is 41.4 Å². The van der Waals surface area contributed by atoms with E-state index in [1.807, 2.05) is 0 Å². The number of nitrogens with two attached hydrogens (primary N) is 1. The fourth-order valence-corrected chi connectivity index (χ4v) is 2.53. The molecule has 1 aliphatic heterocycles. The van der Waals surface area contributed by atoms with E-state index in [-0.39, 0.29) is 18.7 Å². The number of carbonyl (C=O) groups excluding carboxylic acids is 2. The third kappa shape index (κ3) is 8.38. The molecule has 0 bridgehead atoms. The van der Waals surface area contributed by atoms with Crippen molar-refractivity contribution >= 4 is 17.8 Å². The van der Waals surface area contributed by atoms with Crippen LogP contribution in [-0.4, -0.2) is 75.0 Å². The second-order valence-electron chi connectivity index (χ2n) is 6.57. The van der Waals surface area contributed by atoms with E-state index in [1.54, 1.807) is 6.07 Å². The summed E-state index contributed by atoms with van der Waals surface area (Å²) >= 11 is 0. The molecule has 15 heteroatoms. The summed E-state index contributed by atoms with van der Waals surface area (Å²) in [5, 5.41) is 18.6. The van der Waals surface area contributed by atoms with Crippen LogP contribution in [0.2, 0.25) is 0 Å². The molecule has 1 aromatic rings. The molecule has 176 valence electrons. The second kappa shape index (κ2) is 11.3. The van der Waals surface area contributed by atoms with Gasteiger partial charge in [0.05, 0.1) is 24.9 Å². The molecule has 10 nitrogen and oxygen atoms in total. The van der Waals surface area contributed by atoms with Crippen LogP contribution in [0.15, 0.2) is 18.6 Å². The van der Waals surface area contributed by atoms with Crippen LogP contribution in [0.4, 0.5) is 22.0 Å². The van der Waals surface area contributed by atoms with Gasteiger partial charge in [0.25, 0.3) is 11.8 Å². The molecule has 0 aromatic carbocycles. The van der Waals surface area contributed by atoms with Gasteiger partial charge >= 0.3 is 12.1 Å². The summed E-state index contributed by atoms with van der Waals surface area (Å²) in [6, 6.07) is -0.458. The van der Waals surface area contributed by atoms with E-state index >= 15 is 0 Å². The van der Waals surface area contributed by atoms with Gasteiger partial charge in [-0.2, -0.15) is 18.4 Å². The molecule has 1 fully saturated rings. The number of nitrogens with zero attached hydrogens (tertiary/aromatic N) is 4. The first-order valence-corrected chi connectivity index (χ1v) is 8.96. The van der Waals surface area contributed by atoms with Crippen LogP contribution in [0.5, 0.6) is 0 Å². The minimum Gasteiger partial charge on any atom is -0.475 e. The number of carbonyl (C=O) groups is 3. The standard InChI is InChI=1S/C15H18F2N6O2.C2HF3O2/c16-15(17)6-10(7-18)23(9-15)14(25)11(19)2-1-3-22-13(24)12-8-20-4-5-21-12;3-2(4,5)1(6)7/h4-5,8,10-11H,1-3,6,9,19H2,(H,22,24);(H,6,7)/t10-,11-;/m0./s1. The molecule has 0 saturated carbocycles. The number of amides is 2. The number of nitrogens with one attached hydrogen (secondary N) is 1. The first-order valence-electron chi connectivity index (χ1n) is 8.96. The summed E-state index contributed by atoms with van der Waals surface area (Å²) in [6.07, 6.45) is -1.03. The number of hydrogen-bond donors (Lipinski definition) is 3. The van der Waals surface area contributed by atoms with Gasteiger partial charge in [-0.3, -0.25) is 14.6 Å². The Morgan fingerprint density at radius 2 is 2.00 bits per heavy atom. The van der Waals surface area contributed by atoms with E-state index in [1.165, 1.54) is 18.6 Å². The second-order valence-corrected chi connectivity index (χ2v) is 6.57. The molecule has 4 N–H and O–H groups in total. The molecule has 0 radical (unpaired) electrons. The lowest BCUT2D eigenvalue weighted by atomic mass is 10.1. The Morgan fingerprint density at radius 1 is 1.38 bits per heavy atom. The maximum atomic E-state index is 13.4. The molecule has 2 heterocycles. The monoisotopic (exact) mass is 466 g/mol. The van der Waals surface area contributed by atoms with Crippen molar-refractivity contribution in [3.8, 4) is 6.07 Å². The lowest BCUT2D eigenvalue weighted by molar-refractivity contribution is -0.192. The molecule has 1 saturated heterocycles. The first kappa shape index (κ1) is 26.6. The fourth-order valence-electron chi connectivity index (χ4n) is 2.53. The van der Waals surface area contributed by atoms with Gasteiger partial charge in [0, 0.05) is 25.4 Å². The largest absolute Gasteiger partial charge is 0.490 e. The number of rotatable bonds is 6. The third-order valence-corrected chi connectivity index (χ3v) is 4.03. The van der Waals surface area contributed by atoms with Gasteiger partial charge in [0.2, 0.25) is 5.91 Å². The number of carboxylic acid groups (broad SMARTS) is 1. The molecular formula is C17H19F5N6O4. The maximum absolute atomic E-state index is 13.4. The Morgan fingerprint density at radius 3 is 2.50 bits per heavy atom. The van der Waals surface area contributed by atoms with Gasteiger partial charge in [0.15, 0.2) is 0 Å². The number of hydrogen-bond acceptors (Lipinski definition) is 7. The zero-order chi connectivity index (χ0) is 24.5. The van der Waals surface area contributed by atoms with Crippen molar-refractivity contribution in [2.24, 2.45) is 5.73 Å². The predicted molar refractivity (Wildman–Crippen MR) is 95.9 cm³/mol. The van der Waals surface area contributed by atoms with Gasteiger partial charge in [0.1, 0.15) is 11.7 Å². The van der Waals surface area contributed by atoms with E-state index < -0.39 is 54.9 Å². The highest BCUT2D eigenvalue weighted by Gasteiger charge is 2.48. The zero-order valence-corrected chi connectivity index (χ0v) is 16.4. The van der Waals surface area contributed by atoms with Crippen LogP contribution in [0.3, 0.4) is 0 Å². The summed E-state index contributed by atoms with van der Waals surface area (Å²) < 4.78 is 58.5.